The number of aliphatic hydroxyl groups is 1. The summed E-state index contributed by atoms with van der Waals surface area (Å²) >= 11 is 2.72. The van der Waals surface area contributed by atoms with E-state index in [2.05, 4.69) is 10.2 Å². The molecular formula is C34H33N3O6S2. The summed E-state index contributed by atoms with van der Waals surface area (Å²) in [6.07, 6.45) is 1.51. The van der Waals surface area contributed by atoms with Gasteiger partial charge in [0.15, 0.2) is 15.8 Å². The number of carbonyl (C=O) groups excluding carboxylic acids is 2. The Morgan fingerprint density at radius 2 is 1.87 bits per heavy atom. The van der Waals surface area contributed by atoms with Gasteiger partial charge in [0.05, 0.1) is 24.8 Å². The molecule has 0 saturated carbocycles. The van der Waals surface area contributed by atoms with Crippen LogP contribution >= 0.6 is 23.1 Å². The molecular weight excluding hydrogens is 611 g/mol. The number of aliphatic hydroxyl groups excluding tert-OH is 1. The molecule has 0 spiro atoms. The number of Topliss-reactive ketones (excluding diaryl/α,β-unsaturated/α-hetero) is 1. The van der Waals surface area contributed by atoms with Gasteiger partial charge in [-0.25, -0.2) is 0 Å². The van der Waals surface area contributed by atoms with Gasteiger partial charge in [0.1, 0.15) is 17.6 Å². The number of amides is 1. The lowest BCUT2D eigenvalue weighted by Gasteiger charge is -2.23. The van der Waals surface area contributed by atoms with E-state index in [9.17, 15) is 14.7 Å². The summed E-state index contributed by atoms with van der Waals surface area (Å²) < 4.78 is 18.3. The molecule has 1 N–H and O–H groups in total. The molecule has 232 valence electrons. The van der Waals surface area contributed by atoms with Crippen LogP contribution in [0.2, 0.25) is 0 Å². The van der Waals surface area contributed by atoms with Gasteiger partial charge in [-0.15, -0.1) is 10.2 Å². The maximum absolute atomic E-state index is 13.8. The fourth-order valence-corrected chi connectivity index (χ4v) is 7.27. The second-order valence-corrected chi connectivity index (χ2v) is 12.9. The van der Waals surface area contributed by atoms with Crippen LogP contribution in [0.5, 0.6) is 17.2 Å². The van der Waals surface area contributed by atoms with Gasteiger partial charge >= 0.3 is 5.91 Å². The van der Waals surface area contributed by atoms with Crippen molar-refractivity contribution in [3.63, 3.8) is 0 Å². The number of hydrogen-bond acceptors (Lipinski definition) is 10. The molecule has 45 heavy (non-hydrogen) atoms. The predicted octanol–water partition coefficient (Wildman–Crippen LogP) is 6.97. The number of fused-ring (bicyclic) bond motifs is 1. The number of hydrogen-bond donors (Lipinski definition) is 1. The Labute approximate surface area is 269 Å². The Kier molecular flexibility index (Phi) is 9.09. The van der Waals surface area contributed by atoms with Crippen LogP contribution < -0.4 is 19.1 Å². The minimum absolute atomic E-state index is 0.0137. The molecule has 0 bridgehead atoms. The summed E-state index contributed by atoms with van der Waals surface area (Å²) in [5, 5.41) is 20.6. The van der Waals surface area contributed by atoms with Crippen molar-refractivity contribution in [1.29, 1.82) is 0 Å². The second kappa shape index (κ2) is 13.3. The van der Waals surface area contributed by atoms with Crippen LogP contribution in [0.25, 0.3) is 5.76 Å². The Bertz CT molecular complexity index is 1760. The van der Waals surface area contributed by atoms with E-state index in [1.54, 1.807) is 30.3 Å². The molecule has 2 atom stereocenters. The van der Waals surface area contributed by atoms with E-state index in [-0.39, 0.29) is 22.6 Å². The Morgan fingerprint density at radius 1 is 1.04 bits per heavy atom. The Morgan fingerprint density at radius 3 is 2.64 bits per heavy atom. The van der Waals surface area contributed by atoms with Crippen LogP contribution in [0.1, 0.15) is 55.5 Å². The lowest BCUT2D eigenvalue weighted by molar-refractivity contribution is -0.132. The lowest BCUT2D eigenvalue weighted by Crippen LogP contribution is -2.29. The van der Waals surface area contributed by atoms with Crippen LogP contribution in [0, 0.1) is 0 Å². The lowest BCUT2D eigenvalue weighted by atomic mass is 9.94. The second-order valence-electron chi connectivity index (χ2n) is 10.7. The Hall–Kier alpha value is -4.35. The predicted molar refractivity (Wildman–Crippen MR) is 174 cm³/mol. The smallest absolute Gasteiger partial charge is 0.301 e. The van der Waals surface area contributed by atoms with Gasteiger partial charge in [0.2, 0.25) is 5.13 Å². The quantitative estimate of drug-likeness (QED) is 0.0609. The van der Waals surface area contributed by atoms with Crippen molar-refractivity contribution < 1.29 is 28.9 Å². The van der Waals surface area contributed by atoms with Gasteiger partial charge in [0.25, 0.3) is 5.78 Å². The molecule has 1 aromatic heterocycles. The molecule has 2 unspecified atom stereocenters. The zero-order valence-corrected chi connectivity index (χ0v) is 26.8. The number of thioether (sulfide) groups is 1. The van der Waals surface area contributed by atoms with E-state index in [0.717, 1.165) is 23.3 Å². The first-order chi connectivity index (χ1) is 21.9. The molecule has 1 saturated heterocycles. The number of ketones is 1. The average molecular weight is 644 g/mol. The fourth-order valence-electron chi connectivity index (χ4n) is 5.44. The summed E-state index contributed by atoms with van der Waals surface area (Å²) in [6, 6.07) is 19.6. The van der Waals surface area contributed by atoms with Crippen LogP contribution in [-0.2, 0) is 21.8 Å². The zero-order valence-electron chi connectivity index (χ0n) is 25.2. The molecule has 3 aromatic carbocycles. The normalized spacial score (nSPS) is 18.6. The van der Waals surface area contributed by atoms with E-state index in [0.29, 0.717) is 52.4 Å². The highest BCUT2D eigenvalue weighted by Gasteiger charge is 2.48. The highest BCUT2D eigenvalue weighted by Crippen LogP contribution is 2.46. The first-order valence-electron chi connectivity index (χ1n) is 14.9. The molecule has 9 nitrogen and oxygen atoms in total. The molecule has 2 aliphatic rings. The molecule has 0 aliphatic carbocycles. The molecule has 0 radical (unpaired) electrons. The van der Waals surface area contributed by atoms with Crippen LogP contribution in [0.3, 0.4) is 0 Å². The standard InChI is InChI=1S/C34H33N3O6S2/c1-4-15-42-26-14-11-22(18-27(26)41-5-2)29-28(30(38)23-12-13-25-24(17-23)16-20(3)43-25)31(39)32(40)37(29)33-35-36-34(45-33)44-19-21-9-7-6-8-10-21/h6-14,17-18,20,29,38H,4-5,15-16,19H2,1-3H3. The SMILES string of the molecule is CCCOc1ccc(C2C(=C(O)c3ccc4c(c3)CC(C)O4)C(=O)C(=O)N2c2nnc(SCc3ccccc3)s2)cc1OCC. The minimum Gasteiger partial charge on any atom is -0.507 e. The topological polar surface area (TPSA) is 111 Å². The molecule has 3 heterocycles. The number of benzene rings is 3. The number of rotatable bonds is 11. The van der Waals surface area contributed by atoms with Gasteiger partial charge in [0, 0.05) is 17.7 Å². The summed E-state index contributed by atoms with van der Waals surface area (Å²) in [4.78, 5) is 28.9. The van der Waals surface area contributed by atoms with Crippen molar-refractivity contribution in [1.82, 2.24) is 10.2 Å². The van der Waals surface area contributed by atoms with Gasteiger partial charge in [-0.1, -0.05) is 66.4 Å². The Balaban J connectivity index is 1.43. The number of ether oxygens (including phenoxy) is 3. The van der Waals surface area contributed by atoms with E-state index in [4.69, 9.17) is 14.2 Å². The van der Waals surface area contributed by atoms with E-state index in [1.165, 1.54) is 28.0 Å². The van der Waals surface area contributed by atoms with Gasteiger partial charge < -0.3 is 19.3 Å². The summed E-state index contributed by atoms with van der Waals surface area (Å²) in [5.74, 6) is 0.595. The largest absolute Gasteiger partial charge is 0.507 e. The molecule has 6 rings (SSSR count). The summed E-state index contributed by atoms with van der Waals surface area (Å²) in [6.45, 7) is 6.76. The van der Waals surface area contributed by atoms with Gasteiger partial charge in [-0.05, 0) is 67.3 Å². The number of aromatic nitrogens is 2. The van der Waals surface area contributed by atoms with Crippen molar-refractivity contribution in [2.75, 3.05) is 18.1 Å². The third-order valence-corrected chi connectivity index (χ3v) is 9.59. The van der Waals surface area contributed by atoms with E-state index >= 15 is 0 Å². The zero-order chi connectivity index (χ0) is 31.5. The van der Waals surface area contributed by atoms with Crippen LogP contribution in [0.4, 0.5) is 5.13 Å². The molecule has 2 aliphatic heterocycles. The van der Waals surface area contributed by atoms with Gasteiger partial charge in [-0.3, -0.25) is 14.5 Å². The maximum atomic E-state index is 13.8. The maximum Gasteiger partial charge on any atom is 0.301 e. The highest BCUT2D eigenvalue weighted by molar-refractivity contribution is 8.00. The molecule has 11 heteroatoms. The fraction of sp³-hybridized carbons (Fsp3) is 0.294. The van der Waals surface area contributed by atoms with Gasteiger partial charge in [-0.2, -0.15) is 0 Å². The number of anilines is 1. The van der Waals surface area contributed by atoms with Crippen molar-refractivity contribution in [2.24, 2.45) is 0 Å². The highest BCUT2D eigenvalue weighted by atomic mass is 32.2. The van der Waals surface area contributed by atoms with Crippen molar-refractivity contribution in [3.05, 3.63) is 94.6 Å². The summed E-state index contributed by atoms with van der Waals surface area (Å²) in [7, 11) is 0. The molecule has 1 amide bonds. The number of nitrogens with zero attached hydrogens (tertiary/aromatic N) is 3. The molecule has 4 aromatic rings. The minimum atomic E-state index is -0.979. The van der Waals surface area contributed by atoms with Crippen molar-refractivity contribution >= 4 is 45.7 Å². The van der Waals surface area contributed by atoms with E-state index in [1.807, 2.05) is 57.2 Å². The van der Waals surface area contributed by atoms with Crippen LogP contribution in [-0.4, -0.2) is 46.3 Å². The first-order valence-corrected chi connectivity index (χ1v) is 16.7. The monoisotopic (exact) mass is 643 g/mol. The van der Waals surface area contributed by atoms with Crippen molar-refractivity contribution in [2.45, 2.75) is 55.9 Å². The summed E-state index contributed by atoms with van der Waals surface area (Å²) in [5.41, 5.74) is 3.01. The molecule has 1 fully saturated rings. The average Bonchev–Trinajstić information content (AvgIpc) is 3.74. The third-order valence-electron chi connectivity index (χ3n) is 7.47. The van der Waals surface area contributed by atoms with E-state index < -0.39 is 17.7 Å². The van der Waals surface area contributed by atoms with Crippen molar-refractivity contribution in [3.8, 4) is 17.2 Å². The third kappa shape index (κ3) is 6.27. The first kappa shape index (κ1) is 30.7. The number of carbonyl (C=O) groups is 2. The van der Waals surface area contributed by atoms with Crippen LogP contribution in [0.15, 0.2) is 76.6 Å².